The zero-order valence-corrected chi connectivity index (χ0v) is 13.9. The van der Waals surface area contributed by atoms with Crippen molar-refractivity contribution >= 4 is 50.1 Å². The molecule has 0 unspecified atom stereocenters. The number of aromatic nitrogens is 1. The third-order valence-corrected chi connectivity index (χ3v) is 4.30. The van der Waals surface area contributed by atoms with Crippen LogP contribution >= 0.6 is 27.5 Å². The smallest absolute Gasteiger partial charge is 0.343 e. The molecule has 1 aliphatic carbocycles. The lowest BCUT2D eigenvalue weighted by Gasteiger charge is -2.33. The molecular formula is C15H14BrClN2O3. The molecular weight excluding hydrogens is 372 g/mol. The van der Waals surface area contributed by atoms with Crippen molar-refractivity contribution < 1.29 is 14.6 Å². The Balaban J connectivity index is 2.06. The molecule has 1 aromatic carbocycles. The van der Waals surface area contributed by atoms with Gasteiger partial charge in [0, 0.05) is 22.1 Å². The first-order valence-electron chi connectivity index (χ1n) is 6.84. The van der Waals surface area contributed by atoms with Crippen LogP contribution in [0.4, 0.5) is 5.69 Å². The normalized spacial score (nSPS) is 20.5. The van der Waals surface area contributed by atoms with E-state index in [1.807, 2.05) is 18.2 Å². The first-order chi connectivity index (χ1) is 10.6. The third kappa shape index (κ3) is 3.04. The number of ether oxygens (including phenoxy) is 1. The molecule has 3 rings (SSSR count). The molecule has 0 amide bonds. The lowest BCUT2D eigenvalue weighted by atomic mass is 9.89. The summed E-state index contributed by atoms with van der Waals surface area (Å²) in [4.78, 5) is 16.4. The monoisotopic (exact) mass is 384 g/mol. The average Bonchev–Trinajstić information content (AvgIpc) is 2.46. The molecule has 7 heteroatoms. The highest BCUT2D eigenvalue weighted by Gasteiger charge is 2.29. The molecule has 1 aromatic heterocycles. The highest BCUT2D eigenvalue weighted by atomic mass is 79.9. The number of alkyl halides is 1. The Labute approximate surface area is 140 Å². The van der Waals surface area contributed by atoms with Crippen molar-refractivity contribution in [2.45, 2.75) is 25.0 Å². The summed E-state index contributed by atoms with van der Waals surface area (Å²) in [6.07, 6.45) is 2.52. The molecule has 22 heavy (non-hydrogen) atoms. The lowest BCUT2D eigenvalue weighted by Crippen LogP contribution is -2.39. The van der Waals surface area contributed by atoms with E-state index in [4.69, 9.17) is 16.3 Å². The number of rotatable bonds is 4. The number of esters is 1. The number of carbonyl (C=O) groups excluding carboxylic acids is 1. The summed E-state index contributed by atoms with van der Waals surface area (Å²) in [5, 5.41) is 13.6. The van der Waals surface area contributed by atoms with Gasteiger partial charge < -0.3 is 15.2 Å². The van der Waals surface area contributed by atoms with Gasteiger partial charge in [0.15, 0.2) is 6.07 Å². The second kappa shape index (κ2) is 6.40. The summed E-state index contributed by atoms with van der Waals surface area (Å²) in [5.74, 6) is -0.522. The quantitative estimate of drug-likeness (QED) is 0.624. The van der Waals surface area contributed by atoms with Crippen LogP contribution in [0.3, 0.4) is 0 Å². The molecule has 0 saturated heterocycles. The Morgan fingerprint density at radius 3 is 2.95 bits per heavy atom. The van der Waals surface area contributed by atoms with E-state index < -0.39 is 5.97 Å². The fraction of sp³-hybridized carbons (Fsp3) is 0.333. The molecule has 1 aliphatic rings. The van der Waals surface area contributed by atoms with Gasteiger partial charge in [-0.2, -0.15) is 0 Å². The van der Waals surface area contributed by atoms with Gasteiger partial charge in [-0.3, -0.25) is 4.98 Å². The Morgan fingerprint density at radius 1 is 1.50 bits per heavy atom. The van der Waals surface area contributed by atoms with Crippen molar-refractivity contribution in [3.8, 4) is 0 Å². The van der Waals surface area contributed by atoms with Crippen LogP contribution in [0.15, 0.2) is 28.9 Å². The highest BCUT2D eigenvalue weighted by Crippen LogP contribution is 2.32. The van der Waals surface area contributed by atoms with Crippen LogP contribution in [0.5, 0.6) is 0 Å². The van der Waals surface area contributed by atoms with E-state index in [-0.39, 0.29) is 18.2 Å². The van der Waals surface area contributed by atoms with Gasteiger partial charge in [0.05, 0.1) is 17.3 Å². The first kappa shape index (κ1) is 15.5. The fourth-order valence-corrected chi connectivity index (χ4v) is 2.97. The Hall–Kier alpha value is -1.37. The third-order valence-electron chi connectivity index (χ3n) is 3.70. The predicted molar refractivity (Wildman–Crippen MR) is 88.2 cm³/mol. The second-order valence-electron chi connectivity index (χ2n) is 5.22. The van der Waals surface area contributed by atoms with Gasteiger partial charge in [-0.25, -0.2) is 4.79 Å². The van der Waals surface area contributed by atoms with Crippen molar-refractivity contribution in [2.24, 2.45) is 0 Å². The molecule has 1 heterocycles. The zero-order valence-electron chi connectivity index (χ0n) is 11.6. The van der Waals surface area contributed by atoms with Crippen molar-refractivity contribution in [1.29, 1.82) is 0 Å². The Morgan fingerprint density at radius 2 is 2.27 bits per heavy atom. The molecule has 5 nitrogen and oxygen atoms in total. The number of hydrogen-bond donors (Lipinski definition) is 2. The lowest BCUT2D eigenvalue weighted by molar-refractivity contribution is 0.0574. The van der Waals surface area contributed by atoms with Gasteiger partial charge in [-0.1, -0.05) is 27.5 Å². The number of halogens is 2. The van der Waals surface area contributed by atoms with Crippen LogP contribution in [0.1, 0.15) is 23.2 Å². The maximum absolute atomic E-state index is 12.1. The van der Waals surface area contributed by atoms with E-state index in [1.54, 1.807) is 0 Å². The minimum Gasteiger partial charge on any atom is -0.446 e. The number of carbonyl (C=O) groups is 1. The molecule has 0 spiro atoms. The van der Waals surface area contributed by atoms with Crippen LogP contribution in [-0.2, 0) is 4.74 Å². The SMILES string of the molecule is O=C(OCCl)c1cnc2ccc(Br)cc2c1N[C@H]1C[C@H](O)C1. The van der Waals surface area contributed by atoms with Crippen molar-refractivity contribution in [3.63, 3.8) is 0 Å². The van der Waals surface area contributed by atoms with Gasteiger partial charge in [0.2, 0.25) is 0 Å². The van der Waals surface area contributed by atoms with Crippen LogP contribution in [0.2, 0.25) is 0 Å². The summed E-state index contributed by atoms with van der Waals surface area (Å²) in [6.45, 7) is 0. The molecule has 0 radical (unpaired) electrons. The minimum atomic E-state index is -0.522. The summed E-state index contributed by atoms with van der Waals surface area (Å²) in [7, 11) is 0. The van der Waals surface area contributed by atoms with Crippen LogP contribution in [0, 0.1) is 0 Å². The van der Waals surface area contributed by atoms with Gasteiger partial charge in [-0.05, 0) is 31.0 Å². The zero-order chi connectivity index (χ0) is 15.7. The van der Waals surface area contributed by atoms with Gasteiger partial charge >= 0.3 is 5.97 Å². The maximum atomic E-state index is 12.1. The predicted octanol–water partition coefficient (Wildman–Crippen LogP) is 3.29. The molecule has 2 N–H and O–H groups in total. The maximum Gasteiger partial charge on any atom is 0.343 e. The molecule has 1 saturated carbocycles. The highest BCUT2D eigenvalue weighted by molar-refractivity contribution is 9.10. The number of aliphatic hydroxyl groups excluding tert-OH is 1. The molecule has 0 aliphatic heterocycles. The van der Waals surface area contributed by atoms with E-state index in [0.717, 1.165) is 15.4 Å². The Bertz CT molecular complexity index is 719. The number of anilines is 1. The second-order valence-corrected chi connectivity index (χ2v) is 6.35. The number of benzene rings is 1. The number of pyridine rings is 1. The van der Waals surface area contributed by atoms with E-state index in [9.17, 15) is 9.90 Å². The first-order valence-corrected chi connectivity index (χ1v) is 8.17. The van der Waals surface area contributed by atoms with Gasteiger partial charge in [0.25, 0.3) is 0 Å². The van der Waals surface area contributed by atoms with Gasteiger partial charge in [0.1, 0.15) is 5.56 Å². The van der Waals surface area contributed by atoms with Gasteiger partial charge in [-0.15, -0.1) is 0 Å². The van der Waals surface area contributed by atoms with E-state index in [0.29, 0.717) is 24.1 Å². The van der Waals surface area contributed by atoms with E-state index in [1.165, 1.54) is 6.20 Å². The number of nitrogens with one attached hydrogen (secondary N) is 1. The standard InChI is InChI=1S/C15H14BrClN2O3/c16-8-1-2-13-11(3-8)14(19-9-4-10(20)5-9)12(6-18-13)15(21)22-7-17/h1-3,6,9-10,20H,4-5,7H2,(H,18,19)/t9-,10-. The summed E-state index contributed by atoms with van der Waals surface area (Å²) < 4.78 is 5.78. The summed E-state index contributed by atoms with van der Waals surface area (Å²) >= 11 is 8.91. The number of nitrogens with zero attached hydrogens (tertiary/aromatic N) is 1. The topological polar surface area (TPSA) is 71.5 Å². The molecule has 0 atom stereocenters. The molecule has 2 aromatic rings. The van der Waals surface area contributed by atoms with Crippen molar-refractivity contribution in [1.82, 2.24) is 4.98 Å². The van der Waals surface area contributed by atoms with Crippen LogP contribution < -0.4 is 5.32 Å². The number of hydrogen-bond acceptors (Lipinski definition) is 5. The summed E-state index contributed by atoms with van der Waals surface area (Å²) in [6, 6.07) is 5.58. The molecule has 1 fully saturated rings. The number of fused-ring (bicyclic) bond motifs is 1. The van der Waals surface area contributed by atoms with Crippen LogP contribution in [-0.4, -0.2) is 34.3 Å². The van der Waals surface area contributed by atoms with Crippen molar-refractivity contribution in [2.75, 3.05) is 11.4 Å². The Kier molecular flexibility index (Phi) is 4.52. The van der Waals surface area contributed by atoms with Crippen molar-refractivity contribution in [3.05, 3.63) is 34.4 Å². The largest absolute Gasteiger partial charge is 0.446 e. The van der Waals surface area contributed by atoms with E-state index >= 15 is 0 Å². The fourth-order valence-electron chi connectivity index (χ4n) is 2.51. The number of aliphatic hydroxyl groups is 1. The minimum absolute atomic E-state index is 0.127. The summed E-state index contributed by atoms with van der Waals surface area (Å²) in [5.41, 5.74) is 1.78. The van der Waals surface area contributed by atoms with Crippen LogP contribution in [0.25, 0.3) is 10.9 Å². The average molecular weight is 386 g/mol. The molecule has 116 valence electrons. The van der Waals surface area contributed by atoms with E-state index in [2.05, 4.69) is 26.2 Å². The molecule has 0 bridgehead atoms.